The van der Waals surface area contributed by atoms with Crippen molar-refractivity contribution >= 4 is 37.0 Å². The van der Waals surface area contributed by atoms with E-state index in [1.807, 2.05) is 0 Å². The van der Waals surface area contributed by atoms with Gasteiger partial charge < -0.3 is 5.41 Å². The number of sulfone groups is 1. The van der Waals surface area contributed by atoms with Gasteiger partial charge in [0.05, 0.1) is 0 Å². The fourth-order valence-electron chi connectivity index (χ4n) is 0.280. The standard InChI is InChI=1S/C4H7BrN2O2S/c1-10(8,9)4(7)3(5)2-6/h2-3,6-7H,1H3. The molecule has 0 spiro atoms. The molecule has 0 fully saturated rings. The van der Waals surface area contributed by atoms with Crippen LogP contribution in [0, 0.1) is 10.8 Å². The highest BCUT2D eigenvalue weighted by Crippen LogP contribution is 2.02. The van der Waals surface area contributed by atoms with E-state index >= 15 is 0 Å². The van der Waals surface area contributed by atoms with E-state index in [1.54, 1.807) is 0 Å². The van der Waals surface area contributed by atoms with Gasteiger partial charge in [-0.2, -0.15) is 0 Å². The van der Waals surface area contributed by atoms with Gasteiger partial charge >= 0.3 is 0 Å². The highest BCUT2D eigenvalue weighted by atomic mass is 79.9. The zero-order valence-electron chi connectivity index (χ0n) is 5.26. The quantitative estimate of drug-likeness (QED) is 0.407. The van der Waals surface area contributed by atoms with Crippen LogP contribution in [0.3, 0.4) is 0 Å². The molecule has 0 aromatic rings. The molecule has 0 radical (unpaired) electrons. The average molecular weight is 227 g/mol. The highest BCUT2D eigenvalue weighted by molar-refractivity contribution is 9.10. The van der Waals surface area contributed by atoms with Crippen molar-refractivity contribution in [3.05, 3.63) is 0 Å². The Morgan fingerprint density at radius 3 is 2.20 bits per heavy atom. The topological polar surface area (TPSA) is 81.8 Å². The van der Waals surface area contributed by atoms with E-state index in [0.29, 0.717) is 0 Å². The van der Waals surface area contributed by atoms with Crippen LogP contribution in [-0.2, 0) is 9.84 Å². The number of halogens is 1. The number of alkyl halides is 1. The van der Waals surface area contributed by atoms with E-state index in [1.165, 1.54) is 0 Å². The first-order valence-corrected chi connectivity index (χ1v) is 5.13. The normalized spacial score (nSPS) is 14.2. The van der Waals surface area contributed by atoms with Crippen LogP contribution >= 0.6 is 15.9 Å². The summed E-state index contributed by atoms with van der Waals surface area (Å²) in [6.45, 7) is 0. The maximum atomic E-state index is 10.6. The lowest BCUT2D eigenvalue weighted by atomic mass is 10.5. The fraction of sp³-hybridized carbons (Fsp3) is 0.500. The van der Waals surface area contributed by atoms with Crippen molar-refractivity contribution in [2.45, 2.75) is 4.83 Å². The molecule has 0 aliphatic carbocycles. The van der Waals surface area contributed by atoms with E-state index in [-0.39, 0.29) is 0 Å². The maximum absolute atomic E-state index is 10.6. The lowest BCUT2D eigenvalue weighted by Gasteiger charge is -2.01. The first-order chi connectivity index (χ1) is 4.39. The zero-order valence-corrected chi connectivity index (χ0v) is 7.66. The smallest absolute Gasteiger partial charge is 0.189 e. The summed E-state index contributed by atoms with van der Waals surface area (Å²) in [5.74, 6) is 0. The minimum Gasteiger partial charge on any atom is -0.311 e. The molecule has 0 saturated heterocycles. The molecule has 2 N–H and O–H groups in total. The summed E-state index contributed by atoms with van der Waals surface area (Å²) in [4.78, 5) is -0.789. The van der Waals surface area contributed by atoms with Gasteiger partial charge in [0.2, 0.25) is 0 Å². The van der Waals surface area contributed by atoms with Crippen molar-refractivity contribution < 1.29 is 8.42 Å². The van der Waals surface area contributed by atoms with Gasteiger partial charge in [-0.25, -0.2) is 8.42 Å². The van der Waals surface area contributed by atoms with Gasteiger partial charge in [-0.1, -0.05) is 15.9 Å². The average Bonchev–Trinajstić information content (AvgIpc) is 1.83. The minimum atomic E-state index is -3.43. The third-order valence-corrected chi connectivity index (χ3v) is 2.87. The van der Waals surface area contributed by atoms with Crippen LogP contribution in [0.1, 0.15) is 0 Å². The Hall–Kier alpha value is -0.230. The van der Waals surface area contributed by atoms with E-state index in [0.717, 1.165) is 12.5 Å². The summed E-state index contributed by atoms with van der Waals surface area (Å²) in [5.41, 5.74) is 0. The van der Waals surface area contributed by atoms with Crippen molar-refractivity contribution in [2.24, 2.45) is 0 Å². The second-order valence-corrected chi connectivity index (χ2v) is 4.68. The monoisotopic (exact) mass is 226 g/mol. The molecule has 0 aliphatic rings. The van der Waals surface area contributed by atoms with Gasteiger partial charge in [-0.3, -0.25) is 5.41 Å². The van der Waals surface area contributed by atoms with Crippen LogP contribution in [0.5, 0.6) is 0 Å². The van der Waals surface area contributed by atoms with Gasteiger partial charge in [-0.05, 0) is 0 Å². The summed E-state index contributed by atoms with van der Waals surface area (Å²) in [7, 11) is -3.43. The third kappa shape index (κ3) is 2.57. The summed E-state index contributed by atoms with van der Waals surface area (Å²) >= 11 is 2.83. The molecule has 6 heteroatoms. The van der Waals surface area contributed by atoms with Crippen LogP contribution in [0.15, 0.2) is 0 Å². The van der Waals surface area contributed by atoms with Crippen molar-refractivity contribution in [3.63, 3.8) is 0 Å². The van der Waals surface area contributed by atoms with Crippen molar-refractivity contribution in [1.82, 2.24) is 0 Å². The molecular weight excluding hydrogens is 220 g/mol. The Morgan fingerprint density at radius 2 is 2.10 bits per heavy atom. The van der Waals surface area contributed by atoms with E-state index < -0.39 is 19.7 Å². The molecule has 0 aromatic heterocycles. The van der Waals surface area contributed by atoms with Crippen LogP contribution in [0.2, 0.25) is 0 Å². The number of nitrogens with one attached hydrogen (secondary N) is 2. The predicted molar refractivity (Wildman–Crippen MR) is 44.1 cm³/mol. The van der Waals surface area contributed by atoms with Crippen LogP contribution in [-0.4, -0.2) is 30.8 Å². The van der Waals surface area contributed by atoms with Gasteiger partial charge in [-0.15, -0.1) is 0 Å². The molecule has 0 bridgehead atoms. The Balaban J connectivity index is 4.55. The lowest BCUT2D eigenvalue weighted by molar-refractivity contribution is 0.612. The van der Waals surface area contributed by atoms with Crippen molar-refractivity contribution in [1.29, 1.82) is 10.8 Å². The second-order valence-electron chi connectivity index (χ2n) is 1.70. The second kappa shape index (κ2) is 3.25. The molecule has 1 unspecified atom stereocenters. The molecule has 0 aromatic carbocycles. The molecule has 58 valence electrons. The molecule has 0 saturated carbocycles. The maximum Gasteiger partial charge on any atom is 0.189 e. The van der Waals surface area contributed by atoms with Crippen LogP contribution in [0.25, 0.3) is 0 Å². The first-order valence-electron chi connectivity index (χ1n) is 2.32. The van der Waals surface area contributed by atoms with E-state index in [4.69, 9.17) is 10.8 Å². The summed E-state index contributed by atoms with van der Waals surface area (Å²) in [6, 6.07) is 0. The molecule has 0 amide bonds. The molecule has 0 aliphatic heterocycles. The Bertz CT molecular complexity index is 246. The predicted octanol–water partition coefficient (Wildman–Crippen LogP) is 0.421. The van der Waals surface area contributed by atoms with Crippen molar-refractivity contribution in [2.75, 3.05) is 6.26 Å². The van der Waals surface area contributed by atoms with Gasteiger partial charge in [0.1, 0.15) is 9.87 Å². The molecule has 10 heavy (non-hydrogen) atoms. The Labute approximate surface area is 67.7 Å². The largest absolute Gasteiger partial charge is 0.311 e. The highest BCUT2D eigenvalue weighted by Gasteiger charge is 2.17. The molecule has 0 heterocycles. The molecule has 4 nitrogen and oxygen atoms in total. The SMILES string of the molecule is CS(=O)(=O)C(=N)C(Br)C=N. The summed E-state index contributed by atoms with van der Waals surface area (Å²) < 4.78 is 21.1. The van der Waals surface area contributed by atoms with Crippen LogP contribution < -0.4 is 0 Å². The van der Waals surface area contributed by atoms with Crippen LogP contribution in [0.4, 0.5) is 0 Å². The Morgan fingerprint density at radius 1 is 1.70 bits per heavy atom. The Kier molecular flexibility index (Phi) is 3.17. The number of hydrogen-bond donors (Lipinski definition) is 2. The van der Waals surface area contributed by atoms with E-state index in [2.05, 4.69) is 15.9 Å². The molecule has 0 rings (SSSR count). The number of hydrogen-bond acceptors (Lipinski definition) is 4. The number of rotatable bonds is 2. The van der Waals surface area contributed by atoms with Gasteiger partial charge in [0.25, 0.3) is 0 Å². The molecule has 1 atom stereocenters. The van der Waals surface area contributed by atoms with Gasteiger partial charge in [0.15, 0.2) is 9.84 Å². The summed E-state index contributed by atoms with van der Waals surface area (Å²) in [6.07, 6.45) is 1.79. The molecular formula is C4H7BrN2O2S. The van der Waals surface area contributed by atoms with Gasteiger partial charge in [0, 0.05) is 12.5 Å². The lowest BCUT2D eigenvalue weighted by Crippen LogP contribution is -2.22. The minimum absolute atomic E-state index is 0.484. The summed E-state index contributed by atoms with van der Waals surface area (Å²) in [5, 5.41) is 13.1. The van der Waals surface area contributed by atoms with E-state index in [9.17, 15) is 8.42 Å². The first kappa shape index (κ1) is 9.77. The van der Waals surface area contributed by atoms with Crippen molar-refractivity contribution in [3.8, 4) is 0 Å². The third-order valence-electron chi connectivity index (χ3n) is 0.796. The fourth-order valence-corrected chi connectivity index (χ4v) is 1.78. The zero-order chi connectivity index (χ0) is 8.36.